The van der Waals surface area contributed by atoms with Gasteiger partial charge < -0.3 is 10.1 Å². The molecule has 7 heteroatoms. The van der Waals surface area contributed by atoms with Crippen molar-refractivity contribution in [3.63, 3.8) is 0 Å². The summed E-state index contributed by atoms with van der Waals surface area (Å²) in [7, 11) is 0. The summed E-state index contributed by atoms with van der Waals surface area (Å²) in [6, 6.07) is 7.34. The third-order valence-corrected chi connectivity index (χ3v) is 3.14. The standard InChI is InChI=1S/C16H12ClF2NO3/c1-9(21)20-10-2-4-12(15(19)6-10)16(22)8-23-11-3-5-14(18)13(17)7-11/h2-7H,8H2,1H3,(H,20,21). The quantitative estimate of drug-likeness (QED) is 0.842. The van der Waals surface area contributed by atoms with Gasteiger partial charge in [-0.3, -0.25) is 9.59 Å². The molecule has 2 aromatic carbocycles. The Morgan fingerprint density at radius 3 is 2.48 bits per heavy atom. The van der Waals surface area contributed by atoms with Crippen LogP contribution in [0.5, 0.6) is 5.75 Å². The number of nitrogens with one attached hydrogen (secondary N) is 1. The number of anilines is 1. The fourth-order valence-corrected chi connectivity index (χ4v) is 1.99. The summed E-state index contributed by atoms with van der Waals surface area (Å²) in [5.41, 5.74) is 0.0742. The van der Waals surface area contributed by atoms with Gasteiger partial charge in [0.15, 0.2) is 6.61 Å². The lowest BCUT2D eigenvalue weighted by atomic mass is 10.1. The van der Waals surface area contributed by atoms with E-state index in [1.54, 1.807) is 0 Å². The number of benzene rings is 2. The third-order valence-electron chi connectivity index (χ3n) is 2.85. The molecule has 0 aliphatic heterocycles. The molecule has 23 heavy (non-hydrogen) atoms. The lowest BCUT2D eigenvalue weighted by molar-refractivity contribution is -0.114. The van der Waals surface area contributed by atoms with Crippen LogP contribution >= 0.6 is 11.6 Å². The molecule has 0 radical (unpaired) electrons. The van der Waals surface area contributed by atoms with Crippen molar-refractivity contribution in [2.24, 2.45) is 0 Å². The molecule has 2 aromatic rings. The topological polar surface area (TPSA) is 55.4 Å². The van der Waals surface area contributed by atoms with Crippen molar-refractivity contribution in [1.82, 2.24) is 0 Å². The molecule has 0 aliphatic rings. The number of hydrogen-bond donors (Lipinski definition) is 1. The third kappa shape index (κ3) is 4.50. The van der Waals surface area contributed by atoms with Crippen LogP contribution in [0.1, 0.15) is 17.3 Å². The molecule has 2 rings (SSSR count). The molecule has 0 atom stereocenters. The van der Waals surface area contributed by atoms with Crippen LogP contribution in [0.25, 0.3) is 0 Å². The van der Waals surface area contributed by atoms with E-state index in [9.17, 15) is 18.4 Å². The molecular formula is C16H12ClF2NO3. The van der Waals surface area contributed by atoms with Gasteiger partial charge in [0.1, 0.15) is 17.4 Å². The number of rotatable bonds is 5. The number of ether oxygens (including phenoxy) is 1. The number of hydrogen-bond acceptors (Lipinski definition) is 3. The minimum Gasteiger partial charge on any atom is -0.485 e. The number of carbonyl (C=O) groups excluding carboxylic acids is 2. The van der Waals surface area contributed by atoms with Crippen LogP contribution in [-0.4, -0.2) is 18.3 Å². The number of Topliss-reactive ketones (excluding diaryl/α,β-unsaturated/α-hetero) is 1. The summed E-state index contributed by atoms with van der Waals surface area (Å²) in [5.74, 6) is -2.13. The van der Waals surface area contributed by atoms with Crippen LogP contribution in [0.2, 0.25) is 5.02 Å². The van der Waals surface area contributed by atoms with Crippen molar-refractivity contribution in [2.45, 2.75) is 6.92 Å². The van der Waals surface area contributed by atoms with Crippen molar-refractivity contribution < 1.29 is 23.1 Å². The molecule has 1 amide bonds. The SMILES string of the molecule is CC(=O)Nc1ccc(C(=O)COc2ccc(F)c(Cl)c2)c(F)c1. The molecule has 0 aromatic heterocycles. The Hall–Kier alpha value is -2.47. The van der Waals surface area contributed by atoms with E-state index in [1.165, 1.54) is 31.2 Å². The molecule has 0 fully saturated rings. The molecule has 0 saturated heterocycles. The molecule has 0 spiro atoms. The molecule has 0 bridgehead atoms. The van der Waals surface area contributed by atoms with Crippen LogP contribution in [0.3, 0.4) is 0 Å². The zero-order chi connectivity index (χ0) is 17.0. The summed E-state index contributed by atoms with van der Waals surface area (Å²) in [6.07, 6.45) is 0. The van der Waals surface area contributed by atoms with Gasteiger partial charge in [-0.25, -0.2) is 8.78 Å². The van der Waals surface area contributed by atoms with Gasteiger partial charge in [-0.2, -0.15) is 0 Å². The van der Waals surface area contributed by atoms with Crippen molar-refractivity contribution >= 4 is 29.0 Å². The first-order valence-corrected chi connectivity index (χ1v) is 6.93. The van der Waals surface area contributed by atoms with Gasteiger partial charge in [0.25, 0.3) is 0 Å². The van der Waals surface area contributed by atoms with E-state index < -0.39 is 24.0 Å². The fourth-order valence-electron chi connectivity index (χ4n) is 1.82. The highest BCUT2D eigenvalue weighted by Gasteiger charge is 2.14. The minimum absolute atomic E-state index is 0.138. The van der Waals surface area contributed by atoms with E-state index in [0.29, 0.717) is 0 Å². The summed E-state index contributed by atoms with van der Waals surface area (Å²) >= 11 is 5.60. The zero-order valence-corrected chi connectivity index (χ0v) is 12.8. The maximum atomic E-state index is 13.9. The van der Waals surface area contributed by atoms with Crippen LogP contribution in [0, 0.1) is 11.6 Å². The fraction of sp³-hybridized carbons (Fsp3) is 0.125. The highest BCUT2D eigenvalue weighted by Crippen LogP contribution is 2.21. The van der Waals surface area contributed by atoms with Crippen molar-refractivity contribution in [1.29, 1.82) is 0 Å². The van der Waals surface area contributed by atoms with E-state index in [-0.39, 0.29) is 27.9 Å². The lowest BCUT2D eigenvalue weighted by Gasteiger charge is -2.08. The summed E-state index contributed by atoms with van der Waals surface area (Å²) < 4.78 is 32.1. The van der Waals surface area contributed by atoms with Gasteiger partial charge in [0.05, 0.1) is 10.6 Å². The number of carbonyl (C=O) groups is 2. The molecule has 0 heterocycles. The van der Waals surface area contributed by atoms with E-state index in [0.717, 1.165) is 12.1 Å². The molecule has 4 nitrogen and oxygen atoms in total. The van der Waals surface area contributed by atoms with Crippen LogP contribution < -0.4 is 10.1 Å². The normalized spacial score (nSPS) is 10.3. The van der Waals surface area contributed by atoms with Gasteiger partial charge in [-0.05, 0) is 30.3 Å². The molecular weight excluding hydrogens is 328 g/mol. The first-order chi connectivity index (χ1) is 10.9. The van der Waals surface area contributed by atoms with Gasteiger partial charge in [-0.1, -0.05) is 11.6 Å². The Labute approximate surface area is 136 Å². The minimum atomic E-state index is -0.776. The van der Waals surface area contributed by atoms with Crippen LogP contribution in [0.15, 0.2) is 36.4 Å². The Balaban J connectivity index is 2.05. The predicted octanol–water partition coefficient (Wildman–Crippen LogP) is 3.84. The number of ketones is 1. The first-order valence-electron chi connectivity index (χ1n) is 6.55. The summed E-state index contributed by atoms with van der Waals surface area (Å²) in [4.78, 5) is 22.9. The molecule has 1 N–H and O–H groups in total. The van der Waals surface area contributed by atoms with Gasteiger partial charge in [-0.15, -0.1) is 0 Å². The van der Waals surface area contributed by atoms with Gasteiger partial charge in [0, 0.05) is 18.7 Å². The Morgan fingerprint density at radius 2 is 1.87 bits per heavy atom. The average Bonchev–Trinajstić information content (AvgIpc) is 2.47. The van der Waals surface area contributed by atoms with Crippen molar-refractivity contribution in [2.75, 3.05) is 11.9 Å². The van der Waals surface area contributed by atoms with Crippen LogP contribution in [0.4, 0.5) is 14.5 Å². The number of amides is 1. The second kappa shape index (κ2) is 7.19. The Morgan fingerprint density at radius 1 is 1.13 bits per heavy atom. The van der Waals surface area contributed by atoms with Gasteiger partial charge in [0.2, 0.25) is 11.7 Å². The molecule has 0 aliphatic carbocycles. The van der Waals surface area contributed by atoms with E-state index in [2.05, 4.69) is 5.32 Å². The average molecular weight is 340 g/mol. The Kier molecular flexibility index (Phi) is 5.28. The maximum Gasteiger partial charge on any atom is 0.221 e. The van der Waals surface area contributed by atoms with Crippen LogP contribution in [-0.2, 0) is 4.79 Å². The second-order valence-corrected chi connectivity index (χ2v) is 5.07. The smallest absolute Gasteiger partial charge is 0.221 e. The lowest BCUT2D eigenvalue weighted by Crippen LogP contribution is -2.14. The predicted molar refractivity (Wildman–Crippen MR) is 81.9 cm³/mol. The maximum absolute atomic E-state index is 13.9. The van der Waals surface area contributed by atoms with Crippen molar-refractivity contribution in [3.05, 3.63) is 58.6 Å². The molecule has 0 unspecified atom stereocenters. The highest BCUT2D eigenvalue weighted by molar-refractivity contribution is 6.30. The van der Waals surface area contributed by atoms with E-state index in [1.807, 2.05) is 0 Å². The summed E-state index contributed by atoms with van der Waals surface area (Å²) in [6.45, 7) is 0.858. The largest absolute Gasteiger partial charge is 0.485 e. The van der Waals surface area contributed by atoms with Crippen molar-refractivity contribution in [3.8, 4) is 5.75 Å². The van der Waals surface area contributed by atoms with E-state index in [4.69, 9.17) is 16.3 Å². The highest BCUT2D eigenvalue weighted by atomic mass is 35.5. The molecule has 120 valence electrons. The Bertz CT molecular complexity index is 765. The van der Waals surface area contributed by atoms with Gasteiger partial charge >= 0.3 is 0 Å². The monoisotopic (exact) mass is 339 g/mol. The summed E-state index contributed by atoms with van der Waals surface area (Å²) in [5, 5.41) is 2.27. The number of halogens is 3. The zero-order valence-electron chi connectivity index (χ0n) is 12.0. The first kappa shape index (κ1) is 16.9. The second-order valence-electron chi connectivity index (χ2n) is 4.66. The molecule has 0 saturated carbocycles. The van der Waals surface area contributed by atoms with E-state index >= 15 is 0 Å².